The first kappa shape index (κ1) is 15.9. The summed E-state index contributed by atoms with van der Waals surface area (Å²) in [6, 6.07) is -0.00106. The molecule has 0 bridgehead atoms. The standard InChI is InChI=1S/C14H30N2O2/c1-5-11-9-16(7-6-8-18-11)12(10-17)13(15)14(2,3)4/h11-13,17H,5-10,15H2,1-4H3. The molecular weight excluding hydrogens is 228 g/mol. The maximum absolute atomic E-state index is 9.70. The van der Waals surface area contributed by atoms with E-state index in [2.05, 4.69) is 32.6 Å². The summed E-state index contributed by atoms with van der Waals surface area (Å²) < 4.78 is 5.78. The molecule has 0 amide bonds. The van der Waals surface area contributed by atoms with Gasteiger partial charge in [-0.3, -0.25) is 4.90 Å². The van der Waals surface area contributed by atoms with Crippen LogP contribution < -0.4 is 5.73 Å². The van der Waals surface area contributed by atoms with Crippen molar-refractivity contribution in [2.24, 2.45) is 11.1 Å². The van der Waals surface area contributed by atoms with Gasteiger partial charge >= 0.3 is 0 Å². The molecule has 3 N–H and O–H groups in total. The minimum atomic E-state index is -0.0295. The highest BCUT2D eigenvalue weighted by atomic mass is 16.5. The molecule has 108 valence electrons. The molecule has 0 aliphatic carbocycles. The minimum absolute atomic E-state index is 0.00225. The van der Waals surface area contributed by atoms with Crippen LogP contribution in [0.2, 0.25) is 0 Å². The Kier molecular flexibility index (Phi) is 6.05. The lowest BCUT2D eigenvalue weighted by Gasteiger charge is -2.40. The van der Waals surface area contributed by atoms with Crippen molar-refractivity contribution in [2.75, 3.05) is 26.3 Å². The second-order valence-electron chi connectivity index (χ2n) is 6.39. The van der Waals surface area contributed by atoms with Gasteiger partial charge in [0.25, 0.3) is 0 Å². The van der Waals surface area contributed by atoms with Gasteiger partial charge in [0, 0.05) is 31.8 Å². The molecule has 4 heteroatoms. The first-order valence-electron chi connectivity index (χ1n) is 7.12. The van der Waals surface area contributed by atoms with Crippen LogP contribution in [0.5, 0.6) is 0 Å². The van der Waals surface area contributed by atoms with Gasteiger partial charge in [-0.05, 0) is 18.3 Å². The highest BCUT2D eigenvalue weighted by molar-refractivity contribution is 4.91. The van der Waals surface area contributed by atoms with E-state index >= 15 is 0 Å². The number of hydrogen-bond donors (Lipinski definition) is 2. The van der Waals surface area contributed by atoms with Gasteiger partial charge < -0.3 is 15.6 Å². The molecule has 3 unspecified atom stereocenters. The van der Waals surface area contributed by atoms with Crippen LogP contribution in [0.15, 0.2) is 0 Å². The summed E-state index contributed by atoms with van der Waals surface area (Å²) in [5.74, 6) is 0. The number of rotatable bonds is 4. The van der Waals surface area contributed by atoms with E-state index in [0.717, 1.165) is 32.5 Å². The van der Waals surface area contributed by atoms with Gasteiger partial charge in [-0.1, -0.05) is 27.7 Å². The largest absolute Gasteiger partial charge is 0.395 e. The molecule has 1 aliphatic heterocycles. The lowest BCUT2D eigenvalue weighted by Crippen LogP contribution is -2.56. The molecule has 1 aliphatic rings. The van der Waals surface area contributed by atoms with Crippen molar-refractivity contribution in [2.45, 2.75) is 58.7 Å². The van der Waals surface area contributed by atoms with Crippen molar-refractivity contribution in [3.63, 3.8) is 0 Å². The Morgan fingerprint density at radius 1 is 1.44 bits per heavy atom. The van der Waals surface area contributed by atoms with E-state index in [1.165, 1.54) is 0 Å². The monoisotopic (exact) mass is 258 g/mol. The van der Waals surface area contributed by atoms with Gasteiger partial charge in [-0.25, -0.2) is 0 Å². The number of hydrogen-bond acceptors (Lipinski definition) is 4. The first-order chi connectivity index (χ1) is 8.40. The molecule has 1 saturated heterocycles. The average molecular weight is 258 g/mol. The third-order valence-electron chi connectivity index (χ3n) is 3.91. The molecule has 0 saturated carbocycles. The van der Waals surface area contributed by atoms with Gasteiger partial charge in [0.15, 0.2) is 0 Å². The minimum Gasteiger partial charge on any atom is -0.395 e. The lowest BCUT2D eigenvalue weighted by molar-refractivity contribution is 0.0250. The molecule has 0 aromatic rings. The third kappa shape index (κ3) is 4.19. The van der Waals surface area contributed by atoms with Crippen molar-refractivity contribution in [3.05, 3.63) is 0 Å². The summed E-state index contributed by atoms with van der Waals surface area (Å²) in [5, 5.41) is 9.70. The number of aliphatic hydroxyl groups is 1. The van der Waals surface area contributed by atoms with Crippen molar-refractivity contribution < 1.29 is 9.84 Å². The lowest BCUT2D eigenvalue weighted by atomic mass is 9.82. The molecule has 0 aromatic carbocycles. The Hall–Kier alpha value is -0.160. The molecular formula is C14H30N2O2. The zero-order valence-electron chi connectivity index (χ0n) is 12.4. The third-order valence-corrected chi connectivity index (χ3v) is 3.91. The van der Waals surface area contributed by atoms with Gasteiger partial charge in [0.1, 0.15) is 0 Å². The van der Waals surface area contributed by atoms with E-state index in [-0.39, 0.29) is 30.2 Å². The number of nitrogens with two attached hydrogens (primary N) is 1. The van der Waals surface area contributed by atoms with Crippen molar-refractivity contribution in [3.8, 4) is 0 Å². The topological polar surface area (TPSA) is 58.7 Å². The van der Waals surface area contributed by atoms with E-state index in [1.807, 2.05) is 0 Å². The molecule has 3 atom stereocenters. The van der Waals surface area contributed by atoms with E-state index in [4.69, 9.17) is 10.5 Å². The zero-order valence-corrected chi connectivity index (χ0v) is 12.4. The van der Waals surface area contributed by atoms with Gasteiger partial charge in [-0.2, -0.15) is 0 Å². The number of ether oxygens (including phenoxy) is 1. The molecule has 1 heterocycles. The van der Waals surface area contributed by atoms with Gasteiger partial charge in [0.05, 0.1) is 12.7 Å². The Labute approximate surface area is 111 Å². The Morgan fingerprint density at radius 3 is 2.61 bits per heavy atom. The number of nitrogens with zero attached hydrogens (tertiary/aromatic N) is 1. The maximum Gasteiger partial charge on any atom is 0.0699 e. The van der Waals surface area contributed by atoms with Crippen LogP contribution in [-0.4, -0.2) is 54.5 Å². The average Bonchev–Trinajstić information content (AvgIpc) is 2.54. The quantitative estimate of drug-likeness (QED) is 0.796. The predicted molar refractivity (Wildman–Crippen MR) is 74.5 cm³/mol. The fraction of sp³-hybridized carbons (Fsp3) is 1.00. The molecule has 0 aromatic heterocycles. The smallest absolute Gasteiger partial charge is 0.0699 e. The summed E-state index contributed by atoms with van der Waals surface area (Å²) in [6.07, 6.45) is 2.30. The molecule has 0 spiro atoms. The van der Waals surface area contributed by atoms with Crippen LogP contribution in [0.25, 0.3) is 0 Å². The maximum atomic E-state index is 9.70. The van der Waals surface area contributed by atoms with E-state index in [0.29, 0.717) is 0 Å². The summed E-state index contributed by atoms with van der Waals surface area (Å²) in [6.45, 7) is 11.3. The van der Waals surface area contributed by atoms with Crippen LogP contribution in [0, 0.1) is 5.41 Å². The first-order valence-corrected chi connectivity index (χ1v) is 7.12. The van der Waals surface area contributed by atoms with Crippen LogP contribution in [0.4, 0.5) is 0 Å². The van der Waals surface area contributed by atoms with Crippen LogP contribution >= 0.6 is 0 Å². The Balaban J connectivity index is 2.73. The van der Waals surface area contributed by atoms with Crippen molar-refractivity contribution >= 4 is 0 Å². The normalized spacial score (nSPS) is 26.7. The summed E-state index contributed by atoms with van der Waals surface area (Å²) in [5.41, 5.74) is 6.33. The molecule has 4 nitrogen and oxygen atoms in total. The summed E-state index contributed by atoms with van der Waals surface area (Å²) >= 11 is 0. The second-order valence-corrected chi connectivity index (χ2v) is 6.39. The van der Waals surface area contributed by atoms with Gasteiger partial charge in [-0.15, -0.1) is 0 Å². The summed E-state index contributed by atoms with van der Waals surface area (Å²) in [7, 11) is 0. The summed E-state index contributed by atoms with van der Waals surface area (Å²) in [4.78, 5) is 2.32. The SMILES string of the molecule is CCC1CN(C(CO)C(N)C(C)(C)C)CCCO1. The second kappa shape index (κ2) is 6.85. The number of aliphatic hydroxyl groups excluding tert-OH is 1. The molecule has 1 rings (SSSR count). The molecule has 0 radical (unpaired) electrons. The highest BCUT2D eigenvalue weighted by Gasteiger charge is 2.34. The van der Waals surface area contributed by atoms with Crippen molar-refractivity contribution in [1.82, 2.24) is 4.90 Å². The molecule has 1 fully saturated rings. The van der Waals surface area contributed by atoms with E-state index in [1.54, 1.807) is 0 Å². The predicted octanol–water partition coefficient (Wildman–Crippen LogP) is 1.22. The van der Waals surface area contributed by atoms with E-state index in [9.17, 15) is 5.11 Å². The van der Waals surface area contributed by atoms with Crippen LogP contribution in [0.3, 0.4) is 0 Å². The fourth-order valence-electron chi connectivity index (χ4n) is 2.50. The van der Waals surface area contributed by atoms with E-state index < -0.39 is 0 Å². The van der Waals surface area contributed by atoms with Crippen LogP contribution in [-0.2, 0) is 4.74 Å². The molecule has 18 heavy (non-hydrogen) atoms. The van der Waals surface area contributed by atoms with Gasteiger partial charge in [0.2, 0.25) is 0 Å². The van der Waals surface area contributed by atoms with Crippen LogP contribution in [0.1, 0.15) is 40.5 Å². The Bertz CT molecular complexity index is 240. The fourth-order valence-corrected chi connectivity index (χ4v) is 2.50. The Morgan fingerprint density at radius 2 is 2.11 bits per heavy atom. The zero-order chi connectivity index (χ0) is 13.8. The van der Waals surface area contributed by atoms with Crippen molar-refractivity contribution in [1.29, 1.82) is 0 Å². The highest BCUT2D eigenvalue weighted by Crippen LogP contribution is 2.24.